The number of carbonyl (C=O) groups excluding carboxylic acids is 2. The Bertz CT molecular complexity index is 670. The third-order valence-corrected chi connectivity index (χ3v) is 5.14. The zero-order valence-electron chi connectivity index (χ0n) is 18.5. The number of likely N-dealkylation sites (tertiary alicyclic amines) is 1. The quantitative estimate of drug-likeness (QED) is 0.739. The van der Waals surface area contributed by atoms with Gasteiger partial charge in [-0.2, -0.15) is 0 Å². The topological polar surface area (TPSA) is 58.6 Å². The first-order valence-corrected chi connectivity index (χ1v) is 10.4. The second-order valence-electron chi connectivity index (χ2n) is 9.35. The van der Waals surface area contributed by atoms with Gasteiger partial charge in [-0.25, -0.2) is 4.79 Å². The van der Waals surface area contributed by atoms with Crippen molar-refractivity contribution in [2.24, 2.45) is 5.92 Å². The number of nitrogens with one attached hydrogen (secondary N) is 1. The zero-order valence-corrected chi connectivity index (χ0v) is 18.5. The predicted molar refractivity (Wildman–Crippen MR) is 114 cm³/mol. The van der Waals surface area contributed by atoms with Gasteiger partial charge in [0.1, 0.15) is 5.60 Å². The summed E-state index contributed by atoms with van der Waals surface area (Å²) in [5.41, 5.74) is 2.81. The van der Waals surface area contributed by atoms with Gasteiger partial charge in [0.05, 0.1) is 0 Å². The number of nitrogens with zero attached hydrogens (tertiary/aromatic N) is 1. The molecule has 0 unspecified atom stereocenters. The van der Waals surface area contributed by atoms with Gasteiger partial charge < -0.3 is 15.0 Å². The van der Waals surface area contributed by atoms with E-state index in [9.17, 15) is 9.59 Å². The van der Waals surface area contributed by atoms with E-state index in [-0.39, 0.29) is 17.9 Å². The molecular formula is C23H36N2O3. The summed E-state index contributed by atoms with van der Waals surface area (Å²) in [6, 6.07) is 6.26. The van der Waals surface area contributed by atoms with Crippen molar-refractivity contribution in [1.29, 1.82) is 0 Å². The molecule has 1 saturated heterocycles. The van der Waals surface area contributed by atoms with Crippen LogP contribution in [0.15, 0.2) is 18.2 Å². The smallest absolute Gasteiger partial charge is 0.410 e. The minimum Gasteiger partial charge on any atom is -0.444 e. The number of hydrogen-bond acceptors (Lipinski definition) is 3. The second-order valence-corrected chi connectivity index (χ2v) is 9.35. The molecule has 0 atom stereocenters. The summed E-state index contributed by atoms with van der Waals surface area (Å²) in [6.07, 6.45) is 1.02. The molecule has 156 valence electrons. The summed E-state index contributed by atoms with van der Waals surface area (Å²) in [5.74, 6) is 0.642. The van der Waals surface area contributed by atoms with E-state index in [0.29, 0.717) is 37.8 Å². The summed E-state index contributed by atoms with van der Waals surface area (Å²) >= 11 is 0. The molecule has 0 spiro atoms. The van der Waals surface area contributed by atoms with Crippen molar-refractivity contribution >= 4 is 17.7 Å². The molecular weight excluding hydrogens is 352 g/mol. The minimum atomic E-state index is -0.501. The number of ether oxygens (including phenoxy) is 1. The molecule has 5 heteroatoms. The van der Waals surface area contributed by atoms with Crippen molar-refractivity contribution in [2.75, 3.05) is 18.4 Å². The van der Waals surface area contributed by atoms with Crippen LogP contribution in [0, 0.1) is 5.92 Å². The summed E-state index contributed by atoms with van der Waals surface area (Å²) in [6.45, 7) is 15.3. The van der Waals surface area contributed by atoms with Crippen LogP contribution in [0.4, 0.5) is 10.5 Å². The standard InChI is InChI=1S/C23H36N2O3/c1-15(2)18-9-8-10-19(16(3)4)20(18)24-21(26)17-11-13-25(14-12-17)22(27)28-23(5,6)7/h8-10,15-17H,11-14H2,1-7H3,(H,24,26). The van der Waals surface area contributed by atoms with Gasteiger partial charge in [-0.05, 0) is 56.6 Å². The molecule has 5 nitrogen and oxygen atoms in total. The van der Waals surface area contributed by atoms with E-state index in [1.807, 2.05) is 20.8 Å². The number of amides is 2. The first-order chi connectivity index (χ1) is 13.0. The first kappa shape index (κ1) is 22.3. The van der Waals surface area contributed by atoms with Crippen LogP contribution in [0.3, 0.4) is 0 Å². The predicted octanol–water partition coefficient (Wildman–Crippen LogP) is 5.52. The SMILES string of the molecule is CC(C)c1cccc(C(C)C)c1NC(=O)C1CCN(C(=O)OC(C)(C)C)CC1. The zero-order chi connectivity index (χ0) is 21.1. The van der Waals surface area contributed by atoms with Gasteiger partial charge in [0, 0.05) is 24.7 Å². The van der Waals surface area contributed by atoms with Gasteiger partial charge in [0.25, 0.3) is 0 Å². The van der Waals surface area contributed by atoms with Crippen LogP contribution in [0.25, 0.3) is 0 Å². The molecule has 28 heavy (non-hydrogen) atoms. The number of anilines is 1. The molecule has 0 aromatic heterocycles. The Morgan fingerprint density at radius 2 is 1.54 bits per heavy atom. The second kappa shape index (κ2) is 8.97. The van der Waals surface area contributed by atoms with E-state index in [2.05, 4.69) is 51.2 Å². The highest BCUT2D eigenvalue weighted by Gasteiger charge is 2.30. The van der Waals surface area contributed by atoms with Crippen molar-refractivity contribution in [2.45, 2.75) is 78.7 Å². The van der Waals surface area contributed by atoms with Crippen LogP contribution >= 0.6 is 0 Å². The van der Waals surface area contributed by atoms with Crippen LogP contribution in [0.1, 0.15) is 84.3 Å². The van der Waals surface area contributed by atoms with Gasteiger partial charge in [0.15, 0.2) is 0 Å². The number of piperidine rings is 1. The Hall–Kier alpha value is -2.04. The summed E-state index contributed by atoms with van der Waals surface area (Å²) in [5, 5.41) is 3.22. The molecule has 1 aromatic rings. The fourth-order valence-electron chi connectivity index (χ4n) is 3.57. The van der Waals surface area contributed by atoms with E-state index in [0.717, 1.165) is 5.69 Å². The fourth-order valence-corrected chi connectivity index (χ4v) is 3.57. The maximum absolute atomic E-state index is 13.0. The average Bonchev–Trinajstić information content (AvgIpc) is 2.60. The number of carbonyl (C=O) groups is 2. The molecule has 1 aliphatic rings. The normalized spacial score (nSPS) is 15.8. The fraction of sp³-hybridized carbons (Fsp3) is 0.652. The first-order valence-electron chi connectivity index (χ1n) is 10.4. The maximum Gasteiger partial charge on any atom is 0.410 e. The highest BCUT2D eigenvalue weighted by Crippen LogP contribution is 2.33. The van der Waals surface area contributed by atoms with E-state index in [1.54, 1.807) is 4.90 Å². The monoisotopic (exact) mass is 388 g/mol. The molecule has 2 amide bonds. The van der Waals surface area contributed by atoms with Gasteiger partial charge in [0.2, 0.25) is 5.91 Å². The van der Waals surface area contributed by atoms with Crippen molar-refractivity contribution in [3.05, 3.63) is 29.3 Å². The van der Waals surface area contributed by atoms with Crippen molar-refractivity contribution < 1.29 is 14.3 Å². The van der Waals surface area contributed by atoms with Crippen LogP contribution in [0.5, 0.6) is 0 Å². The van der Waals surface area contributed by atoms with Gasteiger partial charge >= 0.3 is 6.09 Å². The maximum atomic E-state index is 13.0. The summed E-state index contributed by atoms with van der Waals surface area (Å²) in [7, 11) is 0. The molecule has 2 rings (SSSR count). The van der Waals surface area contributed by atoms with Crippen LogP contribution < -0.4 is 5.32 Å². The Kier molecular flexibility index (Phi) is 7.13. The summed E-state index contributed by atoms with van der Waals surface area (Å²) < 4.78 is 5.44. The Morgan fingerprint density at radius 3 is 1.96 bits per heavy atom. The van der Waals surface area contributed by atoms with Gasteiger partial charge in [-0.1, -0.05) is 45.9 Å². The molecule has 0 aliphatic carbocycles. The molecule has 1 aliphatic heterocycles. The third-order valence-electron chi connectivity index (χ3n) is 5.14. The van der Waals surface area contributed by atoms with Gasteiger partial charge in [-0.3, -0.25) is 4.79 Å². The number of benzene rings is 1. The molecule has 1 N–H and O–H groups in total. The van der Waals surface area contributed by atoms with E-state index >= 15 is 0 Å². The number of rotatable bonds is 4. The Morgan fingerprint density at radius 1 is 1.04 bits per heavy atom. The number of para-hydroxylation sites is 1. The van der Waals surface area contributed by atoms with Gasteiger partial charge in [-0.15, -0.1) is 0 Å². The highest BCUT2D eigenvalue weighted by atomic mass is 16.6. The van der Waals surface area contributed by atoms with E-state index < -0.39 is 5.60 Å². The van der Waals surface area contributed by atoms with Crippen molar-refractivity contribution in [3.63, 3.8) is 0 Å². The lowest BCUT2D eigenvalue weighted by Crippen LogP contribution is -2.43. The average molecular weight is 389 g/mol. The molecule has 0 saturated carbocycles. The van der Waals surface area contributed by atoms with Crippen LogP contribution in [-0.2, 0) is 9.53 Å². The van der Waals surface area contributed by atoms with Crippen LogP contribution in [-0.4, -0.2) is 35.6 Å². The van der Waals surface area contributed by atoms with Crippen molar-refractivity contribution in [3.8, 4) is 0 Å². The summed E-state index contributed by atoms with van der Waals surface area (Å²) in [4.78, 5) is 26.9. The van der Waals surface area contributed by atoms with Crippen molar-refractivity contribution in [1.82, 2.24) is 4.90 Å². The lowest BCUT2D eigenvalue weighted by Gasteiger charge is -2.33. The molecule has 1 fully saturated rings. The molecule has 1 heterocycles. The Balaban J connectivity index is 2.05. The molecule has 0 radical (unpaired) electrons. The third kappa shape index (κ3) is 5.73. The van der Waals surface area contributed by atoms with Crippen LogP contribution in [0.2, 0.25) is 0 Å². The largest absolute Gasteiger partial charge is 0.444 e. The highest BCUT2D eigenvalue weighted by molar-refractivity contribution is 5.94. The lowest BCUT2D eigenvalue weighted by molar-refractivity contribution is -0.121. The number of hydrogen-bond donors (Lipinski definition) is 1. The lowest BCUT2D eigenvalue weighted by atomic mass is 9.91. The minimum absolute atomic E-state index is 0.0545. The Labute approximate surface area is 169 Å². The molecule has 1 aromatic carbocycles. The van der Waals surface area contributed by atoms with E-state index in [4.69, 9.17) is 4.74 Å². The molecule has 0 bridgehead atoms. The van der Waals surface area contributed by atoms with E-state index in [1.165, 1.54) is 11.1 Å².